The molecule has 0 radical (unpaired) electrons. The molecule has 3 aliphatic heterocycles. The second-order valence-electron chi connectivity index (χ2n) is 7.28. The van der Waals surface area contributed by atoms with E-state index in [2.05, 4.69) is 25.7 Å². The van der Waals surface area contributed by atoms with Gasteiger partial charge < -0.3 is 15.5 Å². The topological polar surface area (TPSA) is 102 Å². The van der Waals surface area contributed by atoms with E-state index in [1.807, 2.05) is 5.32 Å². The van der Waals surface area contributed by atoms with Crippen molar-refractivity contribution in [2.45, 2.75) is 37.6 Å². The van der Waals surface area contributed by atoms with Gasteiger partial charge >= 0.3 is 12.2 Å². The molecule has 1 fully saturated rings. The van der Waals surface area contributed by atoms with Crippen molar-refractivity contribution in [3.8, 4) is 0 Å². The van der Waals surface area contributed by atoms with Gasteiger partial charge in [-0.25, -0.2) is 4.79 Å². The van der Waals surface area contributed by atoms with Crippen LogP contribution in [-0.4, -0.2) is 69.3 Å². The molecular formula is C18H20F3N7O2. The summed E-state index contributed by atoms with van der Waals surface area (Å²) in [7, 11) is 0. The van der Waals surface area contributed by atoms with Gasteiger partial charge in [-0.05, 0) is 31.6 Å². The lowest BCUT2D eigenvalue weighted by Crippen LogP contribution is -2.57. The van der Waals surface area contributed by atoms with Gasteiger partial charge in [-0.3, -0.25) is 15.0 Å². The Balaban J connectivity index is 1.54. The Morgan fingerprint density at radius 2 is 2.17 bits per heavy atom. The zero-order valence-electron chi connectivity index (χ0n) is 16.0. The smallest absolute Gasteiger partial charge is 0.366 e. The average Bonchev–Trinajstić information content (AvgIpc) is 3.12. The number of halogens is 3. The third kappa shape index (κ3) is 3.76. The summed E-state index contributed by atoms with van der Waals surface area (Å²) in [5.41, 5.74) is 0.714. The molecule has 160 valence electrons. The number of aromatic nitrogens is 2. The molecule has 2 bridgehead atoms. The Morgan fingerprint density at radius 3 is 2.87 bits per heavy atom. The molecule has 1 saturated heterocycles. The maximum Gasteiger partial charge on any atom is 0.408 e. The van der Waals surface area contributed by atoms with Gasteiger partial charge in [-0.2, -0.15) is 18.3 Å². The summed E-state index contributed by atoms with van der Waals surface area (Å²) in [5, 5.41) is 15.1. The minimum atomic E-state index is -4.54. The van der Waals surface area contributed by atoms with Gasteiger partial charge in [0.15, 0.2) is 5.82 Å². The molecule has 12 heteroatoms. The van der Waals surface area contributed by atoms with E-state index < -0.39 is 30.2 Å². The first-order chi connectivity index (χ1) is 14.2. The number of allylic oxidation sites excluding steroid dienone is 1. The maximum atomic E-state index is 13.0. The van der Waals surface area contributed by atoms with E-state index in [1.165, 1.54) is 17.2 Å². The number of nitrogens with zero attached hydrogens (tertiary/aromatic N) is 4. The van der Waals surface area contributed by atoms with Crippen LogP contribution in [0.15, 0.2) is 42.0 Å². The van der Waals surface area contributed by atoms with Gasteiger partial charge in [-0.1, -0.05) is 6.08 Å². The molecule has 3 N–H and O–H groups in total. The first-order valence-electron chi connectivity index (χ1n) is 9.43. The van der Waals surface area contributed by atoms with E-state index in [9.17, 15) is 22.8 Å². The summed E-state index contributed by atoms with van der Waals surface area (Å²) in [4.78, 5) is 28.9. The van der Waals surface area contributed by atoms with Gasteiger partial charge in [0.2, 0.25) is 5.91 Å². The molecule has 3 aliphatic rings. The van der Waals surface area contributed by atoms with Gasteiger partial charge in [0.1, 0.15) is 17.9 Å². The van der Waals surface area contributed by atoms with Crippen LogP contribution in [0.1, 0.15) is 13.3 Å². The molecule has 1 aromatic heterocycles. The number of amides is 3. The number of alkyl halides is 3. The first kappa shape index (κ1) is 20.0. The number of hydrogen-bond donors (Lipinski definition) is 3. The Morgan fingerprint density at radius 1 is 1.37 bits per heavy atom. The molecule has 0 spiro atoms. The monoisotopic (exact) mass is 423 g/mol. The number of nitrogens with one attached hydrogen (secondary N) is 3. The number of fused-ring (bicyclic) bond motifs is 3. The molecular weight excluding hydrogens is 403 g/mol. The number of carbonyl (C=O) groups excluding carboxylic acids is 2. The minimum absolute atomic E-state index is 0.141. The van der Waals surface area contributed by atoms with Crippen molar-refractivity contribution in [3.05, 3.63) is 42.0 Å². The molecule has 0 aromatic carbocycles. The third-order valence-electron chi connectivity index (χ3n) is 5.25. The highest BCUT2D eigenvalue weighted by Gasteiger charge is 2.43. The van der Waals surface area contributed by atoms with Crippen LogP contribution in [0.3, 0.4) is 0 Å². The van der Waals surface area contributed by atoms with Gasteiger partial charge in [0.05, 0.1) is 11.7 Å². The summed E-state index contributed by atoms with van der Waals surface area (Å²) in [6.45, 7) is 2.23. The van der Waals surface area contributed by atoms with Crippen molar-refractivity contribution in [3.63, 3.8) is 0 Å². The van der Waals surface area contributed by atoms with E-state index in [-0.39, 0.29) is 11.9 Å². The van der Waals surface area contributed by atoms with Crippen molar-refractivity contribution < 1.29 is 22.8 Å². The number of anilines is 1. The Hall–Kier alpha value is -3.31. The Labute approximate surface area is 170 Å². The van der Waals surface area contributed by atoms with E-state index in [4.69, 9.17) is 0 Å². The van der Waals surface area contributed by atoms with Crippen LogP contribution in [-0.2, 0) is 4.79 Å². The molecule has 3 amide bonds. The quantitative estimate of drug-likeness (QED) is 0.675. The lowest BCUT2D eigenvalue weighted by atomic mass is 10.1. The third-order valence-corrected chi connectivity index (χ3v) is 5.25. The average molecular weight is 423 g/mol. The van der Waals surface area contributed by atoms with Crippen molar-refractivity contribution in [2.24, 2.45) is 0 Å². The highest BCUT2D eigenvalue weighted by molar-refractivity contribution is 5.91. The largest absolute Gasteiger partial charge is 0.408 e. The molecule has 30 heavy (non-hydrogen) atoms. The van der Waals surface area contributed by atoms with E-state index in [0.717, 1.165) is 19.9 Å². The minimum Gasteiger partial charge on any atom is -0.366 e. The van der Waals surface area contributed by atoms with Crippen LogP contribution < -0.4 is 16.0 Å². The zero-order valence-corrected chi connectivity index (χ0v) is 16.0. The lowest BCUT2D eigenvalue weighted by Gasteiger charge is -2.40. The molecule has 0 aliphatic carbocycles. The van der Waals surface area contributed by atoms with Crippen molar-refractivity contribution in [2.75, 3.05) is 18.4 Å². The molecule has 1 aromatic rings. The van der Waals surface area contributed by atoms with E-state index in [0.29, 0.717) is 18.1 Å². The molecule has 4 rings (SSSR count). The summed E-state index contributed by atoms with van der Waals surface area (Å²) in [5.74, 6) is -0.179. The van der Waals surface area contributed by atoms with Crippen LogP contribution in [0.4, 0.5) is 23.8 Å². The first-order valence-corrected chi connectivity index (χ1v) is 9.43. The lowest BCUT2D eigenvalue weighted by molar-refractivity contribution is -0.158. The second kappa shape index (κ2) is 7.50. The van der Waals surface area contributed by atoms with Crippen molar-refractivity contribution in [1.29, 1.82) is 0 Å². The Kier molecular flexibility index (Phi) is 5.00. The molecule has 3 atom stereocenters. The molecule has 1 unspecified atom stereocenters. The normalized spacial score (nSPS) is 23.6. The number of hydrogen-bond acceptors (Lipinski definition) is 6. The van der Waals surface area contributed by atoms with Crippen molar-refractivity contribution in [1.82, 2.24) is 30.6 Å². The van der Waals surface area contributed by atoms with Crippen molar-refractivity contribution >= 4 is 17.8 Å². The predicted molar refractivity (Wildman–Crippen MR) is 99.6 cm³/mol. The number of carbonyl (C=O) groups is 2. The predicted octanol–water partition coefficient (Wildman–Crippen LogP) is 1.16. The summed E-state index contributed by atoms with van der Waals surface area (Å²) in [6, 6.07) is -0.409. The van der Waals surface area contributed by atoms with Crippen LogP contribution in [0.2, 0.25) is 0 Å². The fraction of sp³-hybridized carbons (Fsp3) is 0.444. The zero-order chi connectivity index (χ0) is 21.5. The van der Waals surface area contributed by atoms with E-state index in [1.54, 1.807) is 18.2 Å². The summed E-state index contributed by atoms with van der Waals surface area (Å²) >= 11 is 0. The van der Waals surface area contributed by atoms with Crippen LogP contribution in [0.5, 0.6) is 0 Å². The fourth-order valence-corrected chi connectivity index (χ4v) is 3.68. The highest BCUT2D eigenvalue weighted by atomic mass is 19.4. The fourth-order valence-electron chi connectivity index (χ4n) is 3.68. The number of rotatable bonds is 3. The summed E-state index contributed by atoms with van der Waals surface area (Å²) < 4.78 is 38.4. The van der Waals surface area contributed by atoms with Gasteiger partial charge in [0, 0.05) is 19.3 Å². The van der Waals surface area contributed by atoms with Crippen LogP contribution in [0, 0.1) is 0 Å². The SMILES string of the molecule is C[C@@H](NC(=O)C1C=CC2=C(N1)N(C(=O)Nc1cccnn1)[C@H]1CCN2C1)C(F)(F)F. The molecule has 9 nitrogen and oxygen atoms in total. The standard InChI is InChI=1S/C18H20F3N7O2/c1-10(18(19,20)21)23-16(29)12-4-5-13-15(24-12)28(11-6-8-27(13)9-11)17(30)25-14-3-2-7-22-26-14/h2-5,7,10-12,24H,6,8-9H2,1H3,(H,23,29)(H,25,26,30)/t10-,11+,12?/m1/s1. The van der Waals surface area contributed by atoms with E-state index >= 15 is 0 Å². The second-order valence-corrected chi connectivity index (χ2v) is 7.28. The van der Waals surface area contributed by atoms with Gasteiger partial charge in [0.25, 0.3) is 0 Å². The highest BCUT2D eigenvalue weighted by Crippen LogP contribution is 2.33. The van der Waals surface area contributed by atoms with Gasteiger partial charge in [-0.15, -0.1) is 5.10 Å². The number of dihydropyridines is 1. The van der Waals surface area contributed by atoms with Crippen LogP contribution >= 0.6 is 0 Å². The molecule has 0 saturated carbocycles. The molecule has 4 heterocycles. The summed E-state index contributed by atoms with van der Waals surface area (Å²) in [6.07, 6.45) is 0.812. The maximum absolute atomic E-state index is 13.0. The van der Waals surface area contributed by atoms with Crippen LogP contribution in [0.25, 0.3) is 0 Å². The number of urea groups is 1. The Bertz CT molecular complexity index is 903.